The molecule has 2 atom stereocenters. The second kappa shape index (κ2) is 9.59. The SMILES string of the molecule is O=C(OCC(=O)N1CCSc2ccccc21)[C@H]1CCCC[C@@H]1C(=O)N1CCc2ccccc21. The Bertz CT molecular complexity index is 1070. The van der Waals surface area contributed by atoms with Crippen LogP contribution < -0.4 is 9.80 Å². The van der Waals surface area contributed by atoms with E-state index in [2.05, 4.69) is 6.07 Å². The summed E-state index contributed by atoms with van der Waals surface area (Å²) in [4.78, 5) is 43.9. The summed E-state index contributed by atoms with van der Waals surface area (Å²) in [6.07, 6.45) is 3.97. The predicted octanol–water partition coefficient (Wildman–Crippen LogP) is 4.06. The van der Waals surface area contributed by atoms with E-state index in [1.807, 2.05) is 47.4 Å². The molecule has 2 aliphatic heterocycles. The Balaban J connectivity index is 1.24. The van der Waals surface area contributed by atoms with Crippen LogP contribution in [0.4, 0.5) is 11.4 Å². The van der Waals surface area contributed by atoms with E-state index in [9.17, 15) is 14.4 Å². The van der Waals surface area contributed by atoms with Gasteiger partial charge in [-0.15, -0.1) is 11.8 Å². The lowest BCUT2D eigenvalue weighted by Crippen LogP contribution is -2.43. The maximum atomic E-state index is 13.4. The Labute approximate surface area is 198 Å². The van der Waals surface area contributed by atoms with Gasteiger partial charge in [0.05, 0.1) is 17.5 Å². The van der Waals surface area contributed by atoms with Gasteiger partial charge in [-0.1, -0.05) is 43.2 Å². The van der Waals surface area contributed by atoms with Crippen LogP contribution in [0.5, 0.6) is 0 Å². The van der Waals surface area contributed by atoms with E-state index in [4.69, 9.17) is 4.74 Å². The zero-order valence-corrected chi connectivity index (χ0v) is 19.4. The number of rotatable bonds is 4. The third kappa shape index (κ3) is 4.38. The van der Waals surface area contributed by atoms with Gasteiger partial charge in [0.15, 0.2) is 6.61 Å². The number of carbonyl (C=O) groups excluding carboxylic acids is 3. The monoisotopic (exact) mass is 464 g/mol. The van der Waals surface area contributed by atoms with Gasteiger partial charge in [0.1, 0.15) is 0 Å². The standard InChI is InChI=1S/C26H28N2O4S/c29-24(27-15-16-33-23-12-6-5-11-22(23)27)17-32-26(31)20-9-3-2-8-19(20)25(30)28-14-13-18-7-1-4-10-21(18)28/h1,4-7,10-12,19-20H,2-3,8-9,13-17H2/t19-,20-/m0/s1. The van der Waals surface area contributed by atoms with Gasteiger partial charge in [-0.25, -0.2) is 0 Å². The molecular weight excluding hydrogens is 436 g/mol. The summed E-state index contributed by atoms with van der Waals surface area (Å²) in [5.41, 5.74) is 3.00. The van der Waals surface area contributed by atoms with Crippen molar-refractivity contribution in [2.75, 3.05) is 35.2 Å². The number of anilines is 2. The minimum Gasteiger partial charge on any atom is -0.455 e. The lowest BCUT2D eigenvalue weighted by atomic mass is 9.78. The Morgan fingerprint density at radius 1 is 0.879 bits per heavy atom. The molecule has 0 bridgehead atoms. The van der Waals surface area contributed by atoms with E-state index in [1.54, 1.807) is 16.7 Å². The van der Waals surface area contributed by atoms with Gasteiger partial charge in [0.25, 0.3) is 5.91 Å². The van der Waals surface area contributed by atoms with Crippen molar-refractivity contribution < 1.29 is 19.1 Å². The van der Waals surface area contributed by atoms with Crippen LogP contribution in [0.2, 0.25) is 0 Å². The number of fused-ring (bicyclic) bond motifs is 2. The first-order valence-electron chi connectivity index (χ1n) is 11.7. The Morgan fingerprint density at radius 2 is 1.61 bits per heavy atom. The van der Waals surface area contributed by atoms with Crippen LogP contribution in [0.15, 0.2) is 53.4 Å². The summed E-state index contributed by atoms with van der Waals surface area (Å²) in [5.74, 6) is -0.699. The summed E-state index contributed by atoms with van der Waals surface area (Å²) in [7, 11) is 0. The normalized spacial score (nSPS) is 21.8. The molecule has 172 valence electrons. The quantitative estimate of drug-likeness (QED) is 0.639. The third-order valence-electron chi connectivity index (χ3n) is 6.91. The molecular formula is C26H28N2O4S. The van der Waals surface area contributed by atoms with Crippen LogP contribution in [-0.2, 0) is 25.5 Å². The molecule has 0 saturated heterocycles. The molecule has 0 N–H and O–H groups in total. The molecule has 1 saturated carbocycles. The Kier molecular flexibility index (Phi) is 6.40. The zero-order chi connectivity index (χ0) is 22.8. The zero-order valence-electron chi connectivity index (χ0n) is 18.6. The molecule has 0 spiro atoms. The first kappa shape index (κ1) is 22.0. The lowest BCUT2D eigenvalue weighted by molar-refractivity contribution is -0.156. The number of nitrogens with zero attached hydrogens (tertiary/aromatic N) is 2. The number of esters is 1. The van der Waals surface area contributed by atoms with E-state index in [-0.39, 0.29) is 24.3 Å². The first-order chi connectivity index (χ1) is 16.1. The highest BCUT2D eigenvalue weighted by molar-refractivity contribution is 7.99. The molecule has 2 aromatic rings. The van der Waals surface area contributed by atoms with Gasteiger partial charge in [0, 0.05) is 29.4 Å². The fraction of sp³-hybridized carbons (Fsp3) is 0.423. The van der Waals surface area contributed by atoms with E-state index < -0.39 is 11.9 Å². The number of amides is 2. The molecule has 3 aliphatic rings. The van der Waals surface area contributed by atoms with Gasteiger partial charge < -0.3 is 14.5 Å². The molecule has 2 heterocycles. The largest absolute Gasteiger partial charge is 0.455 e. The molecule has 0 unspecified atom stereocenters. The van der Waals surface area contributed by atoms with Crippen LogP contribution >= 0.6 is 11.8 Å². The summed E-state index contributed by atoms with van der Waals surface area (Å²) in [6.45, 7) is 0.958. The van der Waals surface area contributed by atoms with Crippen LogP contribution in [0, 0.1) is 11.8 Å². The summed E-state index contributed by atoms with van der Waals surface area (Å²) in [5, 5.41) is 0. The van der Waals surface area contributed by atoms with E-state index >= 15 is 0 Å². The van der Waals surface area contributed by atoms with Crippen LogP contribution in [0.3, 0.4) is 0 Å². The van der Waals surface area contributed by atoms with Gasteiger partial charge in [-0.05, 0) is 43.0 Å². The van der Waals surface area contributed by atoms with E-state index in [1.165, 1.54) is 5.56 Å². The van der Waals surface area contributed by atoms with Gasteiger partial charge in [-0.3, -0.25) is 14.4 Å². The number of thioether (sulfide) groups is 1. The minimum absolute atomic E-state index is 0.00918. The molecule has 5 rings (SSSR count). The van der Waals surface area contributed by atoms with Crippen molar-refractivity contribution in [2.45, 2.75) is 37.0 Å². The number of carbonyl (C=O) groups is 3. The molecule has 33 heavy (non-hydrogen) atoms. The van der Waals surface area contributed by atoms with Crippen molar-refractivity contribution in [3.8, 4) is 0 Å². The molecule has 2 aromatic carbocycles. The van der Waals surface area contributed by atoms with Crippen molar-refractivity contribution in [3.63, 3.8) is 0 Å². The van der Waals surface area contributed by atoms with Gasteiger partial charge in [0.2, 0.25) is 5.91 Å². The van der Waals surface area contributed by atoms with Crippen LogP contribution in [0.1, 0.15) is 31.2 Å². The lowest BCUT2D eigenvalue weighted by Gasteiger charge is -2.32. The summed E-state index contributed by atoms with van der Waals surface area (Å²) in [6, 6.07) is 15.8. The highest BCUT2D eigenvalue weighted by Gasteiger charge is 2.40. The molecule has 0 radical (unpaired) electrons. The molecule has 1 aliphatic carbocycles. The molecule has 1 fully saturated rings. The van der Waals surface area contributed by atoms with Crippen molar-refractivity contribution in [1.82, 2.24) is 0 Å². The Hall–Kier alpha value is -2.80. The average molecular weight is 465 g/mol. The van der Waals surface area contributed by atoms with Crippen molar-refractivity contribution in [1.29, 1.82) is 0 Å². The van der Waals surface area contributed by atoms with E-state index in [0.29, 0.717) is 25.9 Å². The van der Waals surface area contributed by atoms with Gasteiger partial charge in [-0.2, -0.15) is 0 Å². The highest BCUT2D eigenvalue weighted by atomic mass is 32.2. The molecule has 0 aromatic heterocycles. The van der Waals surface area contributed by atoms with Crippen molar-refractivity contribution >= 4 is 40.9 Å². The predicted molar refractivity (Wildman–Crippen MR) is 128 cm³/mol. The topological polar surface area (TPSA) is 66.9 Å². The minimum atomic E-state index is -0.490. The highest BCUT2D eigenvalue weighted by Crippen LogP contribution is 2.37. The fourth-order valence-corrected chi connectivity index (χ4v) is 6.22. The smallest absolute Gasteiger partial charge is 0.310 e. The third-order valence-corrected chi connectivity index (χ3v) is 7.95. The second-order valence-corrected chi connectivity index (χ2v) is 9.97. The first-order valence-corrected chi connectivity index (χ1v) is 12.7. The summed E-state index contributed by atoms with van der Waals surface area (Å²) < 4.78 is 5.52. The maximum Gasteiger partial charge on any atom is 0.310 e. The number of hydrogen-bond donors (Lipinski definition) is 0. The van der Waals surface area contributed by atoms with Crippen LogP contribution in [0.25, 0.3) is 0 Å². The molecule has 6 nitrogen and oxygen atoms in total. The van der Waals surface area contributed by atoms with Gasteiger partial charge >= 0.3 is 5.97 Å². The number of benzene rings is 2. The summed E-state index contributed by atoms with van der Waals surface area (Å²) >= 11 is 1.72. The second-order valence-electron chi connectivity index (χ2n) is 8.84. The number of hydrogen-bond acceptors (Lipinski definition) is 5. The molecule has 2 amide bonds. The number of ether oxygens (including phenoxy) is 1. The van der Waals surface area contributed by atoms with Crippen molar-refractivity contribution in [2.24, 2.45) is 11.8 Å². The Morgan fingerprint density at radius 3 is 2.45 bits per heavy atom. The fourth-order valence-electron chi connectivity index (χ4n) is 5.22. The molecule has 7 heteroatoms. The maximum absolute atomic E-state index is 13.4. The van der Waals surface area contributed by atoms with Crippen molar-refractivity contribution in [3.05, 3.63) is 54.1 Å². The average Bonchev–Trinajstić information content (AvgIpc) is 3.30. The van der Waals surface area contributed by atoms with E-state index in [0.717, 1.165) is 41.3 Å². The van der Waals surface area contributed by atoms with Crippen LogP contribution in [-0.4, -0.2) is 43.2 Å². The number of para-hydroxylation sites is 2.